The van der Waals surface area contributed by atoms with Crippen molar-refractivity contribution < 1.29 is 19.1 Å². The van der Waals surface area contributed by atoms with Crippen molar-refractivity contribution in [3.05, 3.63) is 119 Å². The summed E-state index contributed by atoms with van der Waals surface area (Å²) >= 11 is 3.46. The van der Waals surface area contributed by atoms with Crippen LogP contribution in [0.3, 0.4) is 0 Å². The molecule has 6 aromatic rings. The predicted molar refractivity (Wildman–Crippen MR) is 185 cm³/mol. The van der Waals surface area contributed by atoms with Crippen LogP contribution in [-0.2, 0) is 7.05 Å². The van der Waals surface area contributed by atoms with Gasteiger partial charge in [-0.15, -0.1) is 0 Å². The van der Waals surface area contributed by atoms with Crippen LogP contribution >= 0.6 is 15.9 Å². The van der Waals surface area contributed by atoms with E-state index in [1.165, 1.54) is 6.20 Å². The van der Waals surface area contributed by atoms with E-state index in [0.29, 0.717) is 40.1 Å². The van der Waals surface area contributed by atoms with Gasteiger partial charge in [-0.2, -0.15) is 0 Å². The van der Waals surface area contributed by atoms with Gasteiger partial charge >= 0.3 is 0 Å². The highest BCUT2D eigenvalue weighted by atomic mass is 79.9. The van der Waals surface area contributed by atoms with Crippen molar-refractivity contribution >= 4 is 44.5 Å². The minimum Gasteiger partial charge on any atom is -0.457 e. The lowest BCUT2D eigenvalue weighted by atomic mass is 10.2. The lowest BCUT2D eigenvalue weighted by Gasteiger charge is -2.08. The number of halogens is 1. The molecule has 0 fully saturated rings. The number of ether oxygens (including phenoxy) is 2. The smallest absolute Gasteiger partial charge is 0.269 e. The monoisotopic (exact) mass is 693 g/mol. The Balaban J connectivity index is 0.000000199. The Kier molecular flexibility index (Phi) is 10.1. The maximum absolute atomic E-state index is 11.7. The number of nitrogens with one attached hydrogen (secondary N) is 2. The zero-order valence-electron chi connectivity index (χ0n) is 26.1. The van der Waals surface area contributed by atoms with Crippen LogP contribution in [0.25, 0.3) is 22.4 Å². The normalized spacial score (nSPS) is 10.5. The van der Waals surface area contributed by atoms with Crippen molar-refractivity contribution in [2.75, 3.05) is 19.8 Å². The topological polar surface area (TPSA) is 146 Å². The summed E-state index contributed by atoms with van der Waals surface area (Å²) in [4.78, 5) is 36.0. The van der Waals surface area contributed by atoms with E-state index >= 15 is 0 Å². The van der Waals surface area contributed by atoms with E-state index in [4.69, 9.17) is 20.2 Å². The molecule has 0 bridgehead atoms. The molecule has 2 amide bonds. The Bertz CT molecular complexity index is 2060. The third-order valence-electron chi connectivity index (χ3n) is 7.06. The Morgan fingerprint density at radius 1 is 0.745 bits per heavy atom. The van der Waals surface area contributed by atoms with Gasteiger partial charge in [-0.25, -0.2) is 4.98 Å². The van der Waals surface area contributed by atoms with E-state index in [-0.39, 0.29) is 11.8 Å². The van der Waals surface area contributed by atoms with Crippen LogP contribution < -0.4 is 25.8 Å². The van der Waals surface area contributed by atoms with Gasteiger partial charge in [0, 0.05) is 73.5 Å². The first kappa shape index (κ1) is 32.6. The molecular weight excluding hydrogens is 662 g/mol. The Morgan fingerprint density at radius 3 is 1.83 bits per heavy atom. The first-order valence-electron chi connectivity index (χ1n) is 14.5. The van der Waals surface area contributed by atoms with Gasteiger partial charge in [0.1, 0.15) is 40.2 Å². The van der Waals surface area contributed by atoms with Crippen molar-refractivity contribution in [3.63, 3.8) is 0 Å². The fraction of sp³-hybridized carbons (Fsp3) is 0.114. The summed E-state index contributed by atoms with van der Waals surface area (Å²) in [5.41, 5.74) is 11.0. The average Bonchev–Trinajstić information content (AvgIpc) is 3.41. The number of carbonyl (C=O) groups is 2. The second kappa shape index (κ2) is 14.6. The number of carbonyl (C=O) groups excluding carboxylic acids is 2. The summed E-state index contributed by atoms with van der Waals surface area (Å²) in [5, 5.41) is 5.06. The van der Waals surface area contributed by atoms with Crippen LogP contribution in [0.4, 0.5) is 5.69 Å². The molecule has 47 heavy (non-hydrogen) atoms. The number of pyridine rings is 2. The summed E-state index contributed by atoms with van der Waals surface area (Å²) in [6.45, 7) is 1.93. The quantitative estimate of drug-likeness (QED) is 0.157. The summed E-state index contributed by atoms with van der Waals surface area (Å²) in [6, 6.07) is 25.8. The number of amides is 2. The number of imidazole rings is 1. The lowest BCUT2D eigenvalue weighted by Crippen LogP contribution is -2.18. The van der Waals surface area contributed by atoms with Crippen molar-refractivity contribution in [3.8, 4) is 34.4 Å². The molecule has 0 radical (unpaired) electrons. The third-order valence-corrected chi connectivity index (χ3v) is 7.59. The maximum Gasteiger partial charge on any atom is 0.269 e. The van der Waals surface area contributed by atoms with Crippen LogP contribution in [0.2, 0.25) is 0 Å². The van der Waals surface area contributed by atoms with Gasteiger partial charge < -0.3 is 30.4 Å². The molecule has 3 aromatic carbocycles. The first-order valence-corrected chi connectivity index (χ1v) is 15.2. The summed E-state index contributed by atoms with van der Waals surface area (Å²) in [6.07, 6.45) is 3.07. The summed E-state index contributed by atoms with van der Waals surface area (Å²) < 4.78 is 14.6. The van der Waals surface area contributed by atoms with Gasteiger partial charge in [0.25, 0.3) is 11.8 Å². The summed E-state index contributed by atoms with van der Waals surface area (Å²) in [7, 11) is 5.11. The highest BCUT2D eigenvalue weighted by Crippen LogP contribution is 2.30. The molecule has 238 valence electrons. The third kappa shape index (κ3) is 7.92. The molecular formula is C35H32BrN7O4. The molecule has 0 saturated heterocycles. The van der Waals surface area contributed by atoms with E-state index in [9.17, 15) is 9.59 Å². The van der Waals surface area contributed by atoms with Crippen LogP contribution in [0.5, 0.6) is 23.0 Å². The molecule has 0 aliphatic carbocycles. The molecule has 11 nitrogen and oxygen atoms in total. The minimum absolute atomic E-state index is 0.256. The number of hydrogen-bond acceptors (Lipinski definition) is 8. The molecule has 0 spiro atoms. The molecule has 3 aromatic heterocycles. The van der Waals surface area contributed by atoms with Crippen LogP contribution in [0, 0.1) is 6.92 Å². The van der Waals surface area contributed by atoms with Gasteiger partial charge in [0.15, 0.2) is 0 Å². The number of fused-ring (bicyclic) bond motifs is 1. The van der Waals surface area contributed by atoms with Gasteiger partial charge in [-0.05, 0) is 55.0 Å². The van der Waals surface area contributed by atoms with E-state index in [1.807, 2.05) is 68.6 Å². The second-order valence-corrected chi connectivity index (χ2v) is 11.2. The summed E-state index contributed by atoms with van der Waals surface area (Å²) in [5.74, 6) is 2.71. The maximum atomic E-state index is 11.7. The van der Waals surface area contributed by atoms with Crippen LogP contribution in [0.15, 0.2) is 102 Å². The number of anilines is 1. The lowest BCUT2D eigenvalue weighted by molar-refractivity contribution is 0.0950. The van der Waals surface area contributed by atoms with Crippen molar-refractivity contribution in [1.82, 2.24) is 30.2 Å². The minimum atomic E-state index is -0.259. The highest BCUT2D eigenvalue weighted by molar-refractivity contribution is 9.10. The average molecular weight is 695 g/mol. The number of aryl methyl sites for hydroxylation is 2. The van der Waals surface area contributed by atoms with Gasteiger partial charge in [-0.3, -0.25) is 19.6 Å². The van der Waals surface area contributed by atoms with E-state index < -0.39 is 0 Å². The molecule has 0 unspecified atom stereocenters. The van der Waals surface area contributed by atoms with Crippen molar-refractivity contribution in [2.45, 2.75) is 6.92 Å². The Hall–Kier alpha value is -5.75. The Labute approximate surface area is 279 Å². The zero-order valence-corrected chi connectivity index (χ0v) is 27.7. The number of nitrogen functional groups attached to an aromatic ring is 1. The van der Waals surface area contributed by atoms with E-state index in [0.717, 1.165) is 32.5 Å². The molecule has 0 atom stereocenters. The van der Waals surface area contributed by atoms with Gasteiger partial charge in [0.2, 0.25) is 0 Å². The number of nitrogens with zero attached hydrogens (tertiary/aromatic N) is 4. The van der Waals surface area contributed by atoms with Crippen molar-refractivity contribution in [2.24, 2.45) is 7.05 Å². The first-order chi connectivity index (χ1) is 22.6. The molecule has 0 saturated carbocycles. The molecule has 6 rings (SSSR count). The fourth-order valence-corrected chi connectivity index (χ4v) is 4.77. The van der Waals surface area contributed by atoms with E-state index in [2.05, 4.69) is 41.1 Å². The highest BCUT2D eigenvalue weighted by Gasteiger charge is 2.12. The van der Waals surface area contributed by atoms with Gasteiger partial charge in [-0.1, -0.05) is 34.1 Å². The molecule has 0 aliphatic rings. The largest absolute Gasteiger partial charge is 0.457 e. The van der Waals surface area contributed by atoms with Crippen molar-refractivity contribution in [1.29, 1.82) is 0 Å². The zero-order chi connectivity index (χ0) is 33.5. The SMILES string of the molecule is CNC(=O)c1cc(Oc2ccc(C)c(N)c2)ccn1.CNC(=O)c1cc(Oc2ccc3c(c2)nc(-c2ccc(Br)cc2)n3C)ccn1. The van der Waals surface area contributed by atoms with E-state index in [1.54, 1.807) is 50.6 Å². The number of hydrogen-bond donors (Lipinski definition) is 3. The molecule has 12 heteroatoms. The van der Waals surface area contributed by atoms with Crippen LogP contribution in [0.1, 0.15) is 26.5 Å². The molecule has 3 heterocycles. The standard InChI is InChI=1S/C21H17BrN4O2.C14H15N3O2/c1-23-21(27)18-12-16(9-10-24-18)28-15-7-8-19-17(11-15)25-20(26(19)2)13-3-5-14(22)6-4-13;1-9-3-4-10(7-12(9)15)19-11-5-6-17-13(8-11)14(18)16-2/h3-12H,1-2H3,(H,23,27);3-8H,15H2,1-2H3,(H,16,18). The predicted octanol–water partition coefficient (Wildman–Crippen LogP) is 6.67. The second-order valence-electron chi connectivity index (χ2n) is 10.3. The number of rotatable bonds is 7. The molecule has 0 aliphatic heterocycles. The fourth-order valence-electron chi connectivity index (χ4n) is 4.51. The van der Waals surface area contributed by atoms with Gasteiger partial charge in [0.05, 0.1) is 11.0 Å². The number of benzene rings is 3. The number of aromatic nitrogens is 4. The van der Waals surface area contributed by atoms with Crippen LogP contribution in [-0.4, -0.2) is 45.4 Å². The Morgan fingerprint density at radius 2 is 1.28 bits per heavy atom. The number of nitrogens with two attached hydrogens (primary N) is 1. The molecule has 4 N–H and O–H groups in total.